The monoisotopic (exact) mass is 487 g/mol. The van der Waals surface area contributed by atoms with Crippen molar-refractivity contribution in [1.82, 2.24) is 19.5 Å². The second-order valence-electron chi connectivity index (χ2n) is 7.82. The van der Waals surface area contributed by atoms with E-state index in [4.69, 9.17) is 4.74 Å². The minimum absolute atomic E-state index is 0.0275. The first-order chi connectivity index (χ1) is 17.5. The number of esters is 2. The summed E-state index contributed by atoms with van der Waals surface area (Å²) in [6.07, 6.45) is 6.66. The van der Waals surface area contributed by atoms with E-state index < -0.39 is 11.9 Å². The van der Waals surface area contributed by atoms with Crippen LogP contribution in [-0.4, -0.2) is 58.1 Å². The number of benzene rings is 2. The highest BCUT2D eigenvalue weighted by Crippen LogP contribution is 2.37. The number of para-hydroxylation sites is 1. The number of aromatic amines is 1. The Bertz CT molecular complexity index is 1330. The molecule has 10 heteroatoms. The number of amides is 1. The van der Waals surface area contributed by atoms with Gasteiger partial charge in [0, 0.05) is 17.8 Å². The van der Waals surface area contributed by atoms with Crippen LogP contribution in [0.5, 0.6) is 0 Å². The van der Waals surface area contributed by atoms with Crippen LogP contribution in [0.15, 0.2) is 79.6 Å². The first-order valence-corrected chi connectivity index (χ1v) is 11.2. The molecule has 2 aromatic heterocycles. The number of nitrogens with zero attached hydrogens (tertiary/aromatic N) is 4. The van der Waals surface area contributed by atoms with Crippen LogP contribution < -0.4 is 4.90 Å². The molecule has 10 nitrogen and oxygen atoms in total. The summed E-state index contributed by atoms with van der Waals surface area (Å²) in [7, 11) is 2.68. The molecule has 0 saturated heterocycles. The first kappa shape index (κ1) is 24.4. The van der Waals surface area contributed by atoms with Crippen LogP contribution in [0.1, 0.15) is 49.4 Å². The van der Waals surface area contributed by atoms with Gasteiger partial charge in [0.2, 0.25) is 0 Å². The number of anilines is 1. The van der Waals surface area contributed by atoms with Gasteiger partial charge in [-0.1, -0.05) is 36.4 Å². The summed E-state index contributed by atoms with van der Waals surface area (Å²) in [5.41, 5.74) is 3.27. The lowest BCUT2D eigenvalue weighted by atomic mass is 9.95. The zero-order chi connectivity index (χ0) is 25.5. The molecule has 0 aliphatic carbocycles. The zero-order valence-electron chi connectivity index (χ0n) is 19.8. The van der Waals surface area contributed by atoms with Gasteiger partial charge in [-0.25, -0.2) is 19.6 Å². The molecule has 0 spiro atoms. The second kappa shape index (κ2) is 11.1. The number of carbonyl (C=O) groups excluding carboxylic acids is 3. The van der Waals surface area contributed by atoms with Crippen molar-refractivity contribution in [2.45, 2.75) is 12.5 Å². The van der Waals surface area contributed by atoms with Crippen molar-refractivity contribution < 1.29 is 23.9 Å². The van der Waals surface area contributed by atoms with Crippen LogP contribution in [0.2, 0.25) is 0 Å². The van der Waals surface area contributed by atoms with Gasteiger partial charge >= 0.3 is 11.9 Å². The predicted molar refractivity (Wildman–Crippen MR) is 131 cm³/mol. The molecule has 1 atom stereocenters. The van der Waals surface area contributed by atoms with Gasteiger partial charge < -0.3 is 23.9 Å². The largest absolute Gasteiger partial charge is 0.464 e. The van der Waals surface area contributed by atoms with Crippen molar-refractivity contribution in [3.8, 4) is 0 Å². The lowest BCUT2D eigenvalue weighted by Gasteiger charge is -2.35. The Hall–Kier alpha value is -4.73. The molecular formula is C26H25N5O5. The number of ether oxygens (including phenoxy) is 2. The van der Waals surface area contributed by atoms with E-state index in [2.05, 4.69) is 19.7 Å². The number of hydrogen-bond donors (Lipinski definition) is 1. The Morgan fingerprint density at radius 2 is 1.64 bits per heavy atom. The molecule has 0 fully saturated rings. The number of nitrogens with one attached hydrogen (secondary N) is 1. The van der Waals surface area contributed by atoms with Crippen molar-refractivity contribution in [1.29, 1.82) is 0 Å². The highest BCUT2D eigenvalue weighted by molar-refractivity contribution is 6.06. The van der Waals surface area contributed by atoms with Crippen molar-refractivity contribution in [3.63, 3.8) is 0 Å². The normalized spacial score (nSPS) is 14.2. The Labute approximate surface area is 207 Å². The highest BCUT2D eigenvalue weighted by atomic mass is 16.5. The van der Waals surface area contributed by atoms with Crippen LogP contribution in [0.4, 0.5) is 5.69 Å². The van der Waals surface area contributed by atoms with E-state index in [1.54, 1.807) is 11.2 Å². The van der Waals surface area contributed by atoms with E-state index in [0.29, 0.717) is 29.9 Å². The van der Waals surface area contributed by atoms with Gasteiger partial charge in [0.25, 0.3) is 5.91 Å². The van der Waals surface area contributed by atoms with Gasteiger partial charge in [-0.15, -0.1) is 0 Å². The van der Waals surface area contributed by atoms with Gasteiger partial charge in [-0.05, 0) is 30.2 Å². The smallest absolute Gasteiger partial charge is 0.356 e. The van der Waals surface area contributed by atoms with E-state index >= 15 is 0 Å². The van der Waals surface area contributed by atoms with Crippen LogP contribution >= 0.6 is 0 Å². The van der Waals surface area contributed by atoms with Crippen molar-refractivity contribution >= 4 is 23.5 Å². The average molecular weight is 488 g/mol. The molecule has 5 rings (SSSR count). The SMILES string of the molecule is COC(=O)c1cnc[nH]1.COC(=O)c1cncn1C1CCN(C(=O)c2ccccc2)c2ccccc21. The highest BCUT2D eigenvalue weighted by Gasteiger charge is 2.31. The minimum Gasteiger partial charge on any atom is -0.464 e. The number of rotatable bonds is 4. The summed E-state index contributed by atoms with van der Waals surface area (Å²) >= 11 is 0. The third-order valence-electron chi connectivity index (χ3n) is 5.78. The van der Waals surface area contributed by atoms with Gasteiger partial charge in [-0.2, -0.15) is 0 Å². The van der Waals surface area contributed by atoms with E-state index in [9.17, 15) is 14.4 Å². The lowest BCUT2D eigenvalue weighted by Crippen LogP contribution is -2.38. The fourth-order valence-electron chi connectivity index (χ4n) is 4.07. The van der Waals surface area contributed by atoms with Crippen LogP contribution in [0, 0.1) is 0 Å². The minimum atomic E-state index is -0.423. The summed E-state index contributed by atoms with van der Waals surface area (Å²) in [5.74, 6) is -0.847. The van der Waals surface area contributed by atoms with E-state index in [1.807, 2.05) is 59.2 Å². The molecular weight excluding hydrogens is 462 g/mol. The lowest BCUT2D eigenvalue weighted by molar-refractivity contribution is 0.0581. The maximum absolute atomic E-state index is 13.0. The quantitative estimate of drug-likeness (QED) is 0.438. The number of methoxy groups -OCH3 is 2. The summed E-state index contributed by atoms with van der Waals surface area (Å²) < 4.78 is 11.1. The summed E-state index contributed by atoms with van der Waals surface area (Å²) in [5, 5.41) is 0. The summed E-state index contributed by atoms with van der Waals surface area (Å²) in [6, 6.07) is 17.0. The number of hydrogen-bond acceptors (Lipinski definition) is 7. The van der Waals surface area contributed by atoms with Crippen LogP contribution in [-0.2, 0) is 9.47 Å². The number of aromatic nitrogens is 4. The number of H-pyrrole nitrogens is 1. The molecule has 1 aliphatic heterocycles. The molecule has 3 heterocycles. The molecule has 4 aromatic rings. The molecule has 1 aliphatic rings. The molecule has 0 radical (unpaired) electrons. The maximum atomic E-state index is 13.0. The van der Waals surface area contributed by atoms with Crippen LogP contribution in [0.25, 0.3) is 0 Å². The van der Waals surface area contributed by atoms with Crippen LogP contribution in [0.3, 0.4) is 0 Å². The Balaban J connectivity index is 0.000000286. The molecule has 36 heavy (non-hydrogen) atoms. The first-order valence-electron chi connectivity index (χ1n) is 11.2. The van der Waals surface area contributed by atoms with Gasteiger partial charge in [0.05, 0.1) is 45.3 Å². The Morgan fingerprint density at radius 1 is 0.917 bits per heavy atom. The topological polar surface area (TPSA) is 119 Å². The number of carbonyl (C=O) groups is 3. The fourth-order valence-corrected chi connectivity index (χ4v) is 4.07. The Morgan fingerprint density at radius 3 is 2.33 bits per heavy atom. The third-order valence-corrected chi connectivity index (χ3v) is 5.78. The van der Waals surface area contributed by atoms with Crippen molar-refractivity contribution in [2.75, 3.05) is 25.7 Å². The van der Waals surface area contributed by atoms with E-state index in [1.165, 1.54) is 32.9 Å². The zero-order valence-corrected chi connectivity index (χ0v) is 19.8. The second-order valence-corrected chi connectivity index (χ2v) is 7.82. The molecule has 1 amide bonds. The number of fused-ring (bicyclic) bond motifs is 1. The molecule has 1 unspecified atom stereocenters. The average Bonchev–Trinajstić information content (AvgIpc) is 3.65. The van der Waals surface area contributed by atoms with Gasteiger partial charge in [0.15, 0.2) is 0 Å². The van der Waals surface area contributed by atoms with E-state index in [-0.39, 0.29) is 11.9 Å². The molecule has 184 valence electrons. The number of imidazole rings is 2. The Kier molecular flexibility index (Phi) is 7.54. The fraction of sp³-hybridized carbons (Fsp3) is 0.192. The predicted octanol–water partition coefficient (Wildman–Crippen LogP) is 3.51. The standard InChI is InChI=1S/C21H19N3O3.C5H6N2O2/c1-27-21(26)19-13-22-14-24(19)18-11-12-23(17-10-6-5-9-16(17)18)20(25)15-7-3-2-4-8-15;1-9-5(8)4-2-6-3-7-4/h2-10,13-14,18H,11-12H2,1H3;2-3H,1H3,(H,6,7). The molecule has 1 N–H and O–H groups in total. The van der Waals surface area contributed by atoms with Gasteiger partial charge in [-0.3, -0.25) is 4.79 Å². The maximum Gasteiger partial charge on any atom is 0.356 e. The summed E-state index contributed by atoms with van der Waals surface area (Å²) in [4.78, 5) is 47.8. The molecule has 0 bridgehead atoms. The van der Waals surface area contributed by atoms with Crippen molar-refractivity contribution in [3.05, 3.63) is 102 Å². The van der Waals surface area contributed by atoms with Gasteiger partial charge in [0.1, 0.15) is 11.4 Å². The molecule has 0 saturated carbocycles. The van der Waals surface area contributed by atoms with Crippen molar-refractivity contribution in [2.24, 2.45) is 0 Å². The third kappa shape index (κ3) is 5.02. The van der Waals surface area contributed by atoms with E-state index in [0.717, 1.165) is 11.3 Å². The summed E-state index contributed by atoms with van der Waals surface area (Å²) in [6.45, 7) is 0.550. The molecule has 2 aromatic carbocycles.